The van der Waals surface area contributed by atoms with E-state index in [1.165, 1.54) is 12.5 Å². The summed E-state index contributed by atoms with van der Waals surface area (Å²) in [5.41, 5.74) is 5.65. The Morgan fingerprint density at radius 3 is 2.39 bits per heavy atom. The second-order valence-electron chi connectivity index (χ2n) is 7.64. The van der Waals surface area contributed by atoms with Gasteiger partial charge in [0.15, 0.2) is 0 Å². The maximum atomic E-state index is 12.8. The zero-order chi connectivity index (χ0) is 24.4. The first-order chi connectivity index (χ1) is 15.7. The molecule has 14 heteroatoms. The van der Waals surface area contributed by atoms with Crippen LogP contribution in [0.25, 0.3) is 0 Å². The van der Waals surface area contributed by atoms with Gasteiger partial charge in [0.1, 0.15) is 18.1 Å². The molecule has 13 nitrogen and oxygen atoms in total. The van der Waals surface area contributed by atoms with Crippen LogP contribution in [-0.2, 0) is 30.4 Å². The van der Waals surface area contributed by atoms with Gasteiger partial charge in [-0.25, -0.2) is 9.78 Å². The normalized spacial score (nSPS) is 18.0. The lowest BCUT2D eigenvalue weighted by Gasteiger charge is -2.24. The van der Waals surface area contributed by atoms with Crippen LogP contribution in [0.3, 0.4) is 0 Å². The minimum atomic E-state index is -1.31. The van der Waals surface area contributed by atoms with Crippen LogP contribution in [0.2, 0.25) is 0 Å². The second kappa shape index (κ2) is 12.8. The van der Waals surface area contributed by atoms with E-state index in [-0.39, 0.29) is 30.9 Å². The smallest absolute Gasteiger partial charge is 0.326 e. The number of primary amides is 1. The van der Waals surface area contributed by atoms with Crippen LogP contribution in [0.15, 0.2) is 12.5 Å². The van der Waals surface area contributed by atoms with E-state index in [0.717, 1.165) is 6.42 Å². The molecule has 1 aromatic rings. The number of carboxylic acids is 1. The topological polar surface area (TPSA) is 208 Å². The second-order valence-corrected chi connectivity index (χ2v) is 8.00. The van der Waals surface area contributed by atoms with Crippen LogP contribution >= 0.6 is 12.6 Å². The molecule has 0 bridgehead atoms. The summed E-state index contributed by atoms with van der Waals surface area (Å²) in [6.07, 6.45) is 3.84. The molecule has 4 amide bonds. The number of hydrogen-bond acceptors (Lipinski definition) is 8. The van der Waals surface area contributed by atoms with Gasteiger partial charge in [-0.1, -0.05) is 0 Å². The first kappa shape index (κ1) is 26.1. The Labute approximate surface area is 195 Å². The van der Waals surface area contributed by atoms with Crippen molar-refractivity contribution in [3.8, 4) is 0 Å². The van der Waals surface area contributed by atoms with Gasteiger partial charge in [-0.05, 0) is 25.8 Å². The number of nitrogens with one attached hydrogen (secondary N) is 5. The van der Waals surface area contributed by atoms with Crippen molar-refractivity contribution in [3.05, 3.63) is 18.2 Å². The molecule has 0 saturated carbocycles. The molecule has 182 valence electrons. The average Bonchev–Trinajstić information content (AvgIpc) is 3.48. The molecule has 8 N–H and O–H groups in total. The van der Waals surface area contributed by atoms with Crippen molar-refractivity contribution in [2.75, 3.05) is 12.3 Å². The molecule has 0 radical (unpaired) electrons. The van der Waals surface area contributed by atoms with E-state index in [2.05, 4.69) is 43.9 Å². The summed E-state index contributed by atoms with van der Waals surface area (Å²) in [6.45, 7) is 0.703. The van der Waals surface area contributed by atoms with E-state index < -0.39 is 47.9 Å². The number of hydrogen-bond donors (Lipinski definition) is 8. The monoisotopic (exact) mass is 483 g/mol. The van der Waals surface area contributed by atoms with Crippen molar-refractivity contribution < 1.29 is 29.1 Å². The minimum absolute atomic E-state index is 0.0357. The summed E-state index contributed by atoms with van der Waals surface area (Å²) in [7, 11) is 0. The van der Waals surface area contributed by atoms with Gasteiger partial charge in [0.05, 0.1) is 12.4 Å². The van der Waals surface area contributed by atoms with Crippen LogP contribution < -0.4 is 27.0 Å². The van der Waals surface area contributed by atoms with Crippen molar-refractivity contribution in [1.29, 1.82) is 0 Å². The SMILES string of the molecule is NC(=O)CCC(NC(=O)C(CS)NC(=O)C1CCCN1)C(=O)NC(Cc1cnc[nH]1)C(=O)O. The van der Waals surface area contributed by atoms with Gasteiger partial charge < -0.3 is 37.1 Å². The Bertz CT molecular complexity index is 844. The molecular formula is C19H29N7O6S. The van der Waals surface area contributed by atoms with Crippen molar-refractivity contribution in [1.82, 2.24) is 31.2 Å². The highest BCUT2D eigenvalue weighted by molar-refractivity contribution is 7.80. The van der Waals surface area contributed by atoms with Gasteiger partial charge in [-0.2, -0.15) is 12.6 Å². The predicted molar refractivity (Wildman–Crippen MR) is 119 cm³/mol. The fourth-order valence-corrected chi connectivity index (χ4v) is 3.55. The Kier molecular flexibility index (Phi) is 10.1. The highest BCUT2D eigenvalue weighted by Gasteiger charge is 2.31. The van der Waals surface area contributed by atoms with Crippen molar-refractivity contribution in [3.63, 3.8) is 0 Å². The molecule has 4 atom stereocenters. The fraction of sp³-hybridized carbons (Fsp3) is 0.579. The molecule has 1 aromatic heterocycles. The standard InChI is InChI=1S/C19H29N7O6S/c20-15(27)4-3-12(17(29)25-13(19(31)32)6-10-7-21-9-23-10)24-18(30)14(8-33)26-16(28)11-2-1-5-22-11/h7,9,11-14,22,33H,1-6,8H2,(H2,20,27)(H,21,23)(H,24,30)(H,25,29)(H,26,28)(H,31,32). The number of rotatable bonds is 13. The number of thiol groups is 1. The molecule has 0 spiro atoms. The summed E-state index contributed by atoms with van der Waals surface area (Å²) in [5.74, 6) is -3.88. The van der Waals surface area contributed by atoms with Crippen LogP contribution in [0.5, 0.6) is 0 Å². The van der Waals surface area contributed by atoms with Crippen molar-refractivity contribution in [2.24, 2.45) is 5.73 Å². The minimum Gasteiger partial charge on any atom is -0.480 e. The molecular weight excluding hydrogens is 454 g/mol. The zero-order valence-electron chi connectivity index (χ0n) is 17.9. The van der Waals surface area contributed by atoms with E-state index in [0.29, 0.717) is 18.7 Å². The molecule has 0 aliphatic carbocycles. The quantitative estimate of drug-likeness (QED) is 0.140. The first-order valence-electron chi connectivity index (χ1n) is 10.4. The Morgan fingerprint density at radius 1 is 1.15 bits per heavy atom. The van der Waals surface area contributed by atoms with Crippen LogP contribution in [0.4, 0.5) is 0 Å². The number of aromatic nitrogens is 2. The molecule has 1 fully saturated rings. The number of aliphatic carboxylic acids is 1. The van der Waals surface area contributed by atoms with Crippen molar-refractivity contribution in [2.45, 2.75) is 56.3 Å². The number of carbonyl (C=O) groups excluding carboxylic acids is 4. The van der Waals surface area contributed by atoms with E-state index in [9.17, 15) is 29.1 Å². The summed E-state index contributed by atoms with van der Waals surface area (Å²) in [4.78, 5) is 67.2. The number of carboxylic acid groups (broad SMARTS) is 1. The molecule has 1 aliphatic rings. The number of H-pyrrole nitrogens is 1. The number of nitrogens with two attached hydrogens (primary N) is 1. The molecule has 2 rings (SSSR count). The van der Waals surface area contributed by atoms with Gasteiger partial charge in [0.25, 0.3) is 0 Å². The third-order valence-electron chi connectivity index (χ3n) is 5.10. The van der Waals surface area contributed by atoms with Gasteiger partial charge in [-0.15, -0.1) is 0 Å². The first-order valence-corrected chi connectivity index (χ1v) is 11.1. The van der Waals surface area contributed by atoms with Crippen molar-refractivity contribution >= 4 is 42.2 Å². The number of aromatic amines is 1. The number of carbonyl (C=O) groups is 5. The third-order valence-corrected chi connectivity index (χ3v) is 5.46. The van der Waals surface area contributed by atoms with Gasteiger partial charge in [-0.3, -0.25) is 19.2 Å². The number of imidazole rings is 1. The average molecular weight is 484 g/mol. The lowest BCUT2D eigenvalue weighted by molar-refractivity contribution is -0.142. The number of amides is 4. The molecule has 2 heterocycles. The molecule has 1 saturated heterocycles. The van der Waals surface area contributed by atoms with Crippen LogP contribution in [-0.4, -0.2) is 81.1 Å². The largest absolute Gasteiger partial charge is 0.480 e. The summed E-state index contributed by atoms with van der Waals surface area (Å²) < 4.78 is 0. The molecule has 1 aliphatic heterocycles. The van der Waals surface area contributed by atoms with Gasteiger partial charge >= 0.3 is 5.97 Å². The molecule has 4 unspecified atom stereocenters. The fourth-order valence-electron chi connectivity index (χ4n) is 3.29. The zero-order valence-corrected chi connectivity index (χ0v) is 18.8. The summed E-state index contributed by atoms with van der Waals surface area (Å²) in [6, 6.07) is -4.00. The van der Waals surface area contributed by atoms with Gasteiger partial charge in [0.2, 0.25) is 23.6 Å². The van der Waals surface area contributed by atoms with E-state index in [1.807, 2.05) is 0 Å². The van der Waals surface area contributed by atoms with Crippen LogP contribution in [0.1, 0.15) is 31.4 Å². The maximum absolute atomic E-state index is 12.8. The molecule has 0 aromatic carbocycles. The third kappa shape index (κ3) is 8.38. The summed E-state index contributed by atoms with van der Waals surface area (Å²) in [5, 5.41) is 19.9. The highest BCUT2D eigenvalue weighted by Crippen LogP contribution is 2.07. The lowest BCUT2D eigenvalue weighted by Crippen LogP contribution is -2.57. The molecule has 33 heavy (non-hydrogen) atoms. The maximum Gasteiger partial charge on any atom is 0.326 e. The van der Waals surface area contributed by atoms with Gasteiger partial charge in [0, 0.05) is 30.5 Å². The summed E-state index contributed by atoms with van der Waals surface area (Å²) >= 11 is 4.11. The number of nitrogens with zero attached hydrogens (tertiary/aromatic N) is 1. The Hall–Kier alpha value is -3.13. The Balaban J connectivity index is 2.04. The van der Waals surface area contributed by atoms with E-state index in [1.54, 1.807) is 0 Å². The highest BCUT2D eigenvalue weighted by atomic mass is 32.1. The van der Waals surface area contributed by atoms with E-state index >= 15 is 0 Å². The van der Waals surface area contributed by atoms with E-state index in [4.69, 9.17) is 5.73 Å². The Morgan fingerprint density at radius 2 is 1.85 bits per heavy atom. The lowest BCUT2D eigenvalue weighted by atomic mass is 10.1. The van der Waals surface area contributed by atoms with Crippen LogP contribution in [0, 0.1) is 0 Å². The predicted octanol–water partition coefficient (Wildman–Crippen LogP) is -2.56.